The van der Waals surface area contributed by atoms with E-state index in [1.165, 1.54) is 57.8 Å². The molecule has 2 N–H and O–H groups in total. The monoisotopic (exact) mass is 286 g/mol. The molecule has 0 radical (unpaired) electrons. The highest BCUT2D eigenvalue weighted by Crippen LogP contribution is 2.20. The molecule has 0 aliphatic rings. The molecule has 0 aliphatic heterocycles. The second kappa shape index (κ2) is 13.9. The third-order valence-corrected chi connectivity index (χ3v) is 4.11. The molecule has 20 heavy (non-hydrogen) atoms. The Bertz CT molecular complexity index is 190. The molecule has 0 fully saturated rings. The average molecular weight is 286 g/mol. The quantitative estimate of drug-likeness (QED) is 0.306. The lowest BCUT2D eigenvalue weighted by molar-refractivity contribution is -0.172. The molecule has 0 amide bonds. The van der Waals surface area contributed by atoms with E-state index >= 15 is 0 Å². The molecule has 0 heterocycles. The molecular formula is C18H38O2. The van der Waals surface area contributed by atoms with E-state index < -0.39 is 5.79 Å². The van der Waals surface area contributed by atoms with Gasteiger partial charge in [0.2, 0.25) is 0 Å². The van der Waals surface area contributed by atoms with Gasteiger partial charge in [0, 0.05) is 12.8 Å². The minimum atomic E-state index is -1.41. The Morgan fingerprint density at radius 3 is 1.20 bits per heavy atom. The number of rotatable bonds is 15. The van der Waals surface area contributed by atoms with Crippen molar-refractivity contribution in [1.82, 2.24) is 0 Å². The Hall–Kier alpha value is -0.0800. The SMILES string of the molecule is CCCCCCCCCCCC(O)(O)CCCCCC. The van der Waals surface area contributed by atoms with Crippen molar-refractivity contribution in [2.75, 3.05) is 0 Å². The van der Waals surface area contributed by atoms with Gasteiger partial charge in [0.25, 0.3) is 0 Å². The molecule has 0 saturated heterocycles. The Morgan fingerprint density at radius 1 is 0.500 bits per heavy atom. The van der Waals surface area contributed by atoms with Crippen LogP contribution in [0.3, 0.4) is 0 Å². The minimum absolute atomic E-state index is 0.546. The number of hydrogen-bond acceptors (Lipinski definition) is 2. The summed E-state index contributed by atoms with van der Waals surface area (Å²) in [6.07, 6.45) is 17.0. The van der Waals surface area contributed by atoms with Crippen LogP contribution in [0.5, 0.6) is 0 Å². The Labute approximate surface area is 127 Å². The van der Waals surface area contributed by atoms with Crippen LogP contribution < -0.4 is 0 Å². The molecule has 0 aromatic heterocycles. The van der Waals surface area contributed by atoms with Gasteiger partial charge in [-0.25, -0.2) is 0 Å². The fourth-order valence-corrected chi connectivity index (χ4v) is 2.68. The van der Waals surface area contributed by atoms with Gasteiger partial charge >= 0.3 is 0 Å². The van der Waals surface area contributed by atoms with E-state index in [-0.39, 0.29) is 0 Å². The number of aliphatic hydroxyl groups is 2. The molecule has 0 aromatic carbocycles. The molecule has 122 valence electrons. The molecule has 0 saturated carbocycles. The first kappa shape index (κ1) is 19.9. The maximum Gasteiger partial charge on any atom is 0.162 e. The maximum absolute atomic E-state index is 9.87. The van der Waals surface area contributed by atoms with Crippen molar-refractivity contribution in [3.63, 3.8) is 0 Å². The topological polar surface area (TPSA) is 40.5 Å². The summed E-state index contributed by atoms with van der Waals surface area (Å²) < 4.78 is 0. The van der Waals surface area contributed by atoms with Gasteiger partial charge < -0.3 is 10.2 Å². The largest absolute Gasteiger partial charge is 0.366 e. The van der Waals surface area contributed by atoms with Crippen LogP contribution in [0.2, 0.25) is 0 Å². The van der Waals surface area contributed by atoms with Crippen molar-refractivity contribution in [2.45, 2.75) is 116 Å². The van der Waals surface area contributed by atoms with E-state index in [1.807, 2.05) is 0 Å². The predicted molar refractivity (Wildman–Crippen MR) is 87.8 cm³/mol. The van der Waals surface area contributed by atoms with Crippen molar-refractivity contribution >= 4 is 0 Å². The summed E-state index contributed by atoms with van der Waals surface area (Å²) in [6, 6.07) is 0. The summed E-state index contributed by atoms with van der Waals surface area (Å²) in [6.45, 7) is 4.42. The third kappa shape index (κ3) is 14.3. The summed E-state index contributed by atoms with van der Waals surface area (Å²) in [7, 11) is 0. The normalized spacial score (nSPS) is 12.0. The lowest BCUT2D eigenvalue weighted by atomic mass is 9.99. The van der Waals surface area contributed by atoms with Gasteiger partial charge in [-0.2, -0.15) is 0 Å². The van der Waals surface area contributed by atoms with Gasteiger partial charge in [-0.05, 0) is 12.8 Å². The first-order chi connectivity index (χ1) is 9.62. The zero-order valence-corrected chi connectivity index (χ0v) is 14.0. The first-order valence-corrected chi connectivity index (χ1v) is 9.07. The second-order valence-electron chi connectivity index (χ2n) is 6.37. The Kier molecular flexibility index (Phi) is 13.8. The zero-order chi connectivity index (χ0) is 15.1. The van der Waals surface area contributed by atoms with Crippen LogP contribution in [-0.4, -0.2) is 16.0 Å². The Balaban J connectivity index is 3.30. The molecule has 0 spiro atoms. The molecule has 2 heteroatoms. The molecule has 0 aromatic rings. The fraction of sp³-hybridized carbons (Fsp3) is 1.00. The lowest BCUT2D eigenvalue weighted by Gasteiger charge is -2.21. The van der Waals surface area contributed by atoms with Crippen molar-refractivity contribution in [1.29, 1.82) is 0 Å². The minimum Gasteiger partial charge on any atom is -0.366 e. The molecule has 0 unspecified atom stereocenters. The van der Waals surface area contributed by atoms with Crippen LogP contribution in [0.25, 0.3) is 0 Å². The van der Waals surface area contributed by atoms with Gasteiger partial charge in [0.05, 0.1) is 0 Å². The van der Waals surface area contributed by atoms with Gasteiger partial charge in [0.1, 0.15) is 0 Å². The van der Waals surface area contributed by atoms with Crippen LogP contribution in [0, 0.1) is 0 Å². The van der Waals surface area contributed by atoms with E-state index in [9.17, 15) is 10.2 Å². The van der Waals surface area contributed by atoms with Crippen molar-refractivity contribution in [3.05, 3.63) is 0 Å². The van der Waals surface area contributed by atoms with Crippen molar-refractivity contribution < 1.29 is 10.2 Å². The van der Waals surface area contributed by atoms with E-state index in [1.54, 1.807) is 0 Å². The standard InChI is InChI=1S/C18H38O2/c1-3-5-7-9-10-11-12-13-15-17-18(19,20)16-14-8-6-4-2/h19-20H,3-17H2,1-2H3. The van der Waals surface area contributed by atoms with E-state index in [0.29, 0.717) is 12.8 Å². The lowest BCUT2D eigenvalue weighted by Crippen LogP contribution is -2.27. The van der Waals surface area contributed by atoms with E-state index in [0.717, 1.165) is 25.7 Å². The summed E-state index contributed by atoms with van der Waals surface area (Å²) in [5.74, 6) is -1.41. The summed E-state index contributed by atoms with van der Waals surface area (Å²) >= 11 is 0. The van der Waals surface area contributed by atoms with Gasteiger partial charge in [-0.1, -0.05) is 84.5 Å². The van der Waals surface area contributed by atoms with Gasteiger partial charge in [-0.3, -0.25) is 0 Å². The molecule has 0 bridgehead atoms. The van der Waals surface area contributed by atoms with Crippen LogP contribution in [0.4, 0.5) is 0 Å². The van der Waals surface area contributed by atoms with Crippen LogP contribution >= 0.6 is 0 Å². The molecule has 0 atom stereocenters. The van der Waals surface area contributed by atoms with E-state index in [2.05, 4.69) is 13.8 Å². The number of unbranched alkanes of at least 4 members (excludes halogenated alkanes) is 11. The molecule has 2 nitrogen and oxygen atoms in total. The van der Waals surface area contributed by atoms with Gasteiger partial charge in [0.15, 0.2) is 5.79 Å². The summed E-state index contributed by atoms with van der Waals surface area (Å²) in [4.78, 5) is 0. The summed E-state index contributed by atoms with van der Waals surface area (Å²) in [5, 5.41) is 19.7. The smallest absolute Gasteiger partial charge is 0.162 e. The molecule has 0 rings (SSSR count). The second-order valence-corrected chi connectivity index (χ2v) is 6.37. The van der Waals surface area contributed by atoms with E-state index in [4.69, 9.17) is 0 Å². The Morgan fingerprint density at radius 2 is 0.800 bits per heavy atom. The highest BCUT2D eigenvalue weighted by molar-refractivity contribution is 4.65. The van der Waals surface area contributed by atoms with Crippen LogP contribution in [0.1, 0.15) is 110 Å². The first-order valence-electron chi connectivity index (χ1n) is 9.07. The average Bonchev–Trinajstić information content (AvgIpc) is 2.42. The summed E-state index contributed by atoms with van der Waals surface area (Å²) in [5.41, 5.74) is 0. The predicted octanol–water partition coefficient (Wildman–Crippen LogP) is 5.56. The third-order valence-electron chi connectivity index (χ3n) is 4.11. The maximum atomic E-state index is 9.87. The van der Waals surface area contributed by atoms with Crippen molar-refractivity contribution in [2.24, 2.45) is 0 Å². The molecular weight excluding hydrogens is 248 g/mol. The van der Waals surface area contributed by atoms with Gasteiger partial charge in [-0.15, -0.1) is 0 Å². The van der Waals surface area contributed by atoms with Crippen LogP contribution in [-0.2, 0) is 0 Å². The fourth-order valence-electron chi connectivity index (χ4n) is 2.68. The molecule has 0 aliphatic carbocycles. The zero-order valence-electron chi connectivity index (χ0n) is 14.0. The highest BCUT2D eigenvalue weighted by atomic mass is 16.5. The number of hydrogen-bond donors (Lipinski definition) is 2. The van der Waals surface area contributed by atoms with Crippen LogP contribution in [0.15, 0.2) is 0 Å². The highest BCUT2D eigenvalue weighted by Gasteiger charge is 2.21. The van der Waals surface area contributed by atoms with Crippen molar-refractivity contribution in [3.8, 4) is 0 Å².